The average Bonchev–Trinajstić information content (AvgIpc) is 2.90. The first kappa shape index (κ1) is 22.8. The first-order chi connectivity index (χ1) is 16.6. The zero-order valence-electron chi connectivity index (χ0n) is 19.0. The number of likely N-dealkylation sites (tertiary alicyclic amines) is 1. The molecule has 2 heterocycles. The molecule has 34 heavy (non-hydrogen) atoms. The number of piperidine rings is 1. The first-order valence-corrected chi connectivity index (χ1v) is 12.5. The van der Waals surface area contributed by atoms with Crippen molar-refractivity contribution in [3.8, 4) is 0 Å². The number of carbonyl (C=O) groups is 1. The lowest BCUT2D eigenvalue weighted by Gasteiger charge is -2.41. The largest absolute Gasteiger partial charge is 0.449 e. The maximum absolute atomic E-state index is 13.2. The average molecular weight is 515 g/mol. The Labute approximate surface area is 208 Å². The lowest BCUT2D eigenvalue weighted by atomic mass is 9.84. The fourth-order valence-electron chi connectivity index (χ4n) is 4.79. The molecule has 4 aromatic rings. The van der Waals surface area contributed by atoms with E-state index >= 15 is 0 Å². The van der Waals surface area contributed by atoms with E-state index in [1.165, 1.54) is 5.56 Å². The molecule has 1 aromatic heterocycles. The molecule has 1 saturated heterocycles. The molecule has 5 heteroatoms. The van der Waals surface area contributed by atoms with Crippen molar-refractivity contribution in [1.29, 1.82) is 0 Å². The van der Waals surface area contributed by atoms with E-state index in [-0.39, 0.29) is 5.97 Å². The van der Waals surface area contributed by atoms with Gasteiger partial charge in [-0.05, 0) is 45.4 Å². The van der Waals surface area contributed by atoms with Crippen LogP contribution in [0.5, 0.6) is 0 Å². The Morgan fingerprint density at radius 2 is 1.50 bits per heavy atom. The number of aromatic nitrogens is 1. The number of hydrogen-bond donors (Lipinski definition) is 0. The Morgan fingerprint density at radius 1 is 0.882 bits per heavy atom. The van der Waals surface area contributed by atoms with Gasteiger partial charge in [0.15, 0.2) is 5.60 Å². The van der Waals surface area contributed by atoms with Crippen molar-refractivity contribution in [3.63, 3.8) is 0 Å². The molecule has 5 rings (SSSR count). The van der Waals surface area contributed by atoms with Gasteiger partial charge in [-0.3, -0.25) is 4.98 Å². The zero-order chi connectivity index (χ0) is 23.4. The first-order valence-electron chi connectivity index (χ1n) is 11.7. The van der Waals surface area contributed by atoms with Crippen LogP contribution in [0.2, 0.25) is 0 Å². The zero-order valence-corrected chi connectivity index (χ0v) is 20.6. The summed E-state index contributed by atoms with van der Waals surface area (Å²) in [7, 11) is 0. The van der Waals surface area contributed by atoms with E-state index in [1.54, 1.807) is 12.1 Å². The maximum atomic E-state index is 13.2. The highest BCUT2D eigenvalue weighted by Gasteiger charge is 2.42. The fourth-order valence-corrected chi connectivity index (χ4v) is 5.24. The number of nitrogens with zero attached hydrogens (tertiary/aromatic N) is 2. The molecule has 172 valence electrons. The third kappa shape index (κ3) is 4.77. The lowest BCUT2D eigenvalue weighted by Crippen LogP contribution is -2.46. The van der Waals surface area contributed by atoms with Crippen LogP contribution in [-0.4, -0.2) is 35.5 Å². The quantitative estimate of drug-likeness (QED) is 0.279. The summed E-state index contributed by atoms with van der Waals surface area (Å²) in [5, 5.41) is 2.10. The molecule has 0 atom stereocenters. The third-order valence-corrected chi connectivity index (χ3v) is 7.33. The van der Waals surface area contributed by atoms with Crippen LogP contribution in [0.1, 0.15) is 34.5 Å². The van der Waals surface area contributed by atoms with Crippen LogP contribution >= 0.6 is 15.9 Å². The van der Waals surface area contributed by atoms with E-state index in [0.717, 1.165) is 47.0 Å². The number of esters is 1. The van der Waals surface area contributed by atoms with Crippen LogP contribution in [0.3, 0.4) is 0 Å². The van der Waals surface area contributed by atoms with Gasteiger partial charge >= 0.3 is 5.97 Å². The molecule has 1 aliphatic heterocycles. The molecular weight excluding hydrogens is 488 g/mol. The summed E-state index contributed by atoms with van der Waals surface area (Å²) >= 11 is 3.63. The van der Waals surface area contributed by atoms with Gasteiger partial charge in [0.1, 0.15) is 0 Å². The molecule has 0 amide bonds. The number of benzene rings is 3. The van der Waals surface area contributed by atoms with Crippen molar-refractivity contribution >= 4 is 32.7 Å². The third-order valence-electron chi connectivity index (χ3n) is 6.70. The van der Waals surface area contributed by atoms with Crippen molar-refractivity contribution < 1.29 is 9.53 Å². The van der Waals surface area contributed by atoms with E-state index in [9.17, 15) is 4.79 Å². The predicted octanol–water partition coefficient (Wildman–Crippen LogP) is 6.39. The van der Waals surface area contributed by atoms with Gasteiger partial charge in [0.25, 0.3) is 0 Å². The Morgan fingerprint density at radius 3 is 2.21 bits per heavy atom. The summed E-state index contributed by atoms with van der Waals surface area (Å²) in [6.07, 6.45) is 4.26. The topological polar surface area (TPSA) is 42.4 Å². The highest BCUT2D eigenvalue weighted by atomic mass is 79.9. The van der Waals surface area contributed by atoms with Crippen LogP contribution in [0.15, 0.2) is 95.6 Å². The minimum Gasteiger partial charge on any atom is -0.449 e. The van der Waals surface area contributed by atoms with E-state index < -0.39 is 5.60 Å². The Bertz CT molecular complexity index is 1270. The lowest BCUT2D eigenvalue weighted by molar-refractivity contribution is -0.0568. The van der Waals surface area contributed by atoms with Crippen molar-refractivity contribution in [1.82, 2.24) is 9.88 Å². The summed E-state index contributed by atoms with van der Waals surface area (Å²) in [5.74, 6) is -0.299. The summed E-state index contributed by atoms with van der Waals surface area (Å²) in [6.45, 7) is 2.68. The number of pyridine rings is 1. The van der Waals surface area contributed by atoms with Crippen molar-refractivity contribution in [3.05, 3.63) is 112 Å². The molecule has 0 aliphatic carbocycles. The normalized spacial score (nSPS) is 15.8. The Balaban J connectivity index is 1.43. The maximum Gasteiger partial charge on any atom is 0.339 e. The molecule has 0 bridgehead atoms. The van der Waals surface area contributed by atoms with Gasteiger partial charge in [0.2, 0.25) is 0 Å². The predicted molar refractivity (Wildman–Crippen MR) is 139 cm³/mol. The van der Waals surface area contributed by atoms with Crippen LogP contribution in [-0.2, 0) is 16.8 Å². The van der Waals surface area contributed by atoms with Crippen molar-refractivity contribution in [2.75, 3.05) is 19.6 Å². The number of rotatable bonds is 6. The molecule has 0 saturated carbocycles. The number of hydrogen-bond acceptors (Lipinski definition) is 4. The van der Waals surface area contributed by atoms with Gasteiger partial charge < -0.3 is 9.64 Å². The van der Waals surface area contributed by atoms with E-state index in [1.807, 2.05) is 36.5 Å². The second-order valence-corrected chi connectivity index (χ2v) is 9.68. The molecule has 1 aliphatic rings. The molecule has 3 aromatic carbocycles. The van der Waals surface area contributed by atoms with Crippen LogP contribution in [0.4, 0.5) is 0 Å². The van der Waals surface area contributed by atoms with Gasteiger partial charge in [-0.25, -0.2) is 4.79 Å². The number of fused-ring (bicyclic) bond motifs is 1. The smallest absolute Gasteiger partial charge is 0.339 e. The molecule has 0 spiro atoms. The summed E-state index contributed by atoms with van der Waals surface area (Å²) in [4.78, 5) is 20.5. The number of carbonyl (C=O) groups excluding carboxylic acids is 1. The van der Waals surface area contributed by atoms with Crippen molar-refractivity contribution in [2.45, 2.75) is 24.9 Å². The van der Waals surface area contributed by atoms with Gasteiger partial charge in [-0.1, -0.05) is 72.8 Å². The summed E-state index contributed by atoms with van der Waals surface area (Å²) in [5.41, 5.74) is 1.99. The van der Waals surface area contributed by atoms with Crippen LogP contribution < -0.4 is 0 Å². The molecular formula is C29H27BrN2O2. The molecule has 0 unspecified atom stereocenters. The molecule has 0 N–H and O–H groups in total. The van der Waals surface area contributed by atoms with E-state index in [0.29, 0.717) is 18.4 Å². The van der Waals surface area contributed by atoms with Gasteiger partial charge in [0, 0.05) is 48.5 Å². The Hall–Kier alpha value is -3.02. The highest BCUT2D eigenvalue weighted by molar-refractivity contribution is 9.10. The molecule has 4 nitrogen and oxygen atoms in total. The molecule has 0 radical (unpaired) electrons. The van der Waals surface area contributed by atoms with Gasteiger partial charge in [-0.15, -0.1) is 0 Å². The van der Waals surface area contributed by atoms with Gasteiger partial charge in [0.05, 0.1) is 11.3 Å². The molecule has 1 fully saturated rings. The monoisotopic (exact) mass is 514 g/mol. The number of ether oxygens (including phenoxy) is 1. The summed E-state index contributed by atoms with van der Waals surface area (Å²) in [6, 6.07) is 28.0. The minimum absolute atomic E-state index is 0.299. The van der Waals surface area contributed by atoms with Crippen LogP contribution in [0, 0.1) is 0 Å². The summed E-state index contributed by atoms with van der Waals surface area (Å²) < 4.78 is 7.31. The standard InChI is InChI=1S/C29H27BrN2O2/c30-26-21-31-27(25-14-8-7-13-24(25)26)29(34-28(33)23-11-5-2-6-12-23)16-19-32(20-17-29)18-15-22-9-3-1-4-10-22/h1-14,21H,15-20H2. The minimum atomic E-state index is -0.767. The second-order valence-electron chi connectivity index (χ2n) is 8.83. The van der Waals surface area contributed by atoms with Crippen molar-refractivity contribution in [2.24, 2.45) is 0 Å². The van der Waals surface area contributed by atoms with Crippen LogP contribution in [0.25, 0.3) is 10.8 Å². The van der Waals surface area contributed by atoms with E-state index in [2.05, 4.69) is 63.3 Å². The SMILES string of the molecule is O=C(OC1(c2ncc(Br)c3ccccc23)CCN(CCc2ccccc2)CC1)c1ccccc1. The fraction of sp³-hybridized carbons (Fsp3) is 0.241. The second kappa shape index (κ2) is 10.1. The van der Waals surface area contributed by atoms with E-state index in [4.69, 9.17) is 9.72 Å². The number of halogens is 1. The Kier molecular flexibility index (Phi) is 6.75. The van der Waals surface area contributed by atoms with Gasteiger partial charge in [-0.2, -0.15) is 0 Å². The highest BCUT2D eigenvalue weighted by Crippen LogP contribution is 2.41.